The predicted molar refractivity (Wildman–Crippen MR) is 71.5 cm³/mol. The number of hydrogen-bond acceptors (Lipinski definition) is 5. The fourth-order valence-electron chi connectivity index (χ4n) is 1.33. The van der Waals surface area contributed by atoms with E-state index in [0.29, 0.717) is 10.7 Å². The van der Waals surface area contributed by atoms with Gasteiger partial charge in [0.25, 0.3) is 5.91 Å². The molecule has 1 rings (SSSR count). The third kappa shape index (κ3) is 3.51. The van der Waals surface area contributed by atoms with Crippen LogP contribution in [0.3, 0.4) is 0 Å². The lowest BCUT2D eigenvalue weighted by atomic mass is 10.1. The van der Waals surface area contributed by atoms with E-state index in [9.17, 15) is 9.59 Å². The van der Waals surface area contributed by atoms with E-state index in [1.807, 2.05) is 0 Å². The predicted octanol–water partition coefficient (Wildman–Crippen LogP) is 1.75. The SMILES string of the molecule is COC(C)(C)C(=O)NC(C)c1nc(C)c(C(=O)O)s1. The number of aromatic nitrogens is 1. The van der Waals surface area contributed by atoms with Crippen molar-refractivity contribution in [1.29, 1.82) is 0 Å². The lowest BCUT2D eigenvalue weighted by molar-refractivity contribution is -0.140. The number of aromatic carboxylic acids is 1. The molecule has 0 fully saturated rings. The summed E-state index contributed by atoms with van der Waals surface area (Å²) in [5, 5.41) is 12.3. The lowest BCUT2D eigenvalue weighted by Crippen LogP contribution is -2.44. The molecule has 1 heterocycles. The van der Waals surface area contributed by atoms with Crippen molar-refractivity contribution in [1.82, 2.24) is 10.3 Å². The first-order valence-electron chi connectivity index (χ1n) is 5.75. The summed E-state index contributed by atoms with van der Waals surface area (Å²) in [5.41, 5.74) is -0.476. The molecule has 1 amide bonds. The Hall–Kier alpha value is -1.47. The van der Waals surface area contributed by atoms with E-state index < -0.39 is 11.6 Å². The first-order chi connectivity index (χ1) is 8.69. The Balaban J connectivity index is 2.85. The minimum Gasteiger partial charge on any atom is -0.477 e. The van der Waals surface area contributed by atoms with Gasteiger partial charge in [-0.3, -0.25) is 4.79 Å². The van der Waals surface area contributed by atoms with E-state index in [4.69, 9.17) is 9.84 Å². The number of methoxy groups -OCH3 is 1. The Morgan fingerprint density at radius 2 is 2.05 bits per heavy atom. The topological polar surface area (TPSA) is 88.5 Å². The van der Waals surface area contributed by atoms with Crippen LogP contribution in [0.25, 0.3) is 0 Å². The van der Waals surface area contributed by atoms with Gasteiger partial charge in [-0.15, -0.1) is 11.3 Å². The van der Waals surface area contributed by atoms with Gasteiger partial charge >= 0.3 is 5.97 Å². The van der Waals surface area contributed by atoms with Crippen LogP contribution < -0.4 is 5.32 Å². The quantitative estimate of drug-likeness (QED) is 0.861. The van der Waals surface area contributed by atoms with Crippen molar-refractivity contribution < 1.29 is 19.4 Å². The van der Waals surface area contributed by atoms with E-state index in [0.717, 1.165) is 11.3 Å². The summed E-state index contributed by atoms with van der Waals surface area (Å²) in [6, 6.07) is -0.362. The molecule has 0 saturated carbocycles. The number of nitrogens with one attached hydrogen (secondary N) is 1. The first-order valence-corrected chi connectivity index (χ1v) is 6.57. The van der Waals surface area contributed by atoms with E-state index in [1.54, 1.807) is 27.7 Å². The highest BCUT2D eigenvalue weighted by Crippen LogP contribution is 2.24. The highest BCUT2D eigenvalue weighted by Gasteiger charge is 2.29. The van der Waals surface area contributed by atoms with Crippen molar-refractivity contribution in [3.63, 3.8) is 0 Å². The van der Waals surface area contributed by atoms with Gasteiger partial charge in [0.15, 0.2) is 0 Å². The molecule has 0 aliphatic heterocycles. The van der Waals surface area contributed by atoms with E-state index in [-0.39, 0.29) is 16.8 Å². The normalized spacial score (nSPS) is 13.1. The molecule has 106 valence electrons. The lowest BCUT2D eigenvalue weighted by Gasteiger charge is -2.23. The van der Waals surface area contributed by atoms with Crippen LogP contribution in [0.1, 0.15) is 47.2 Å². The second-order valence-electron chi connectivity index (χ2n) is 4.68. The molecule has 1 unspecified atom stereocenters. The summed E-state index contributed by atoms with van der Waals surface area (Å²) < 4.78 is 5.08. The summed E-state index contributed by atoms with van der Waals surface area (Å²) in [5.74, 6) is -1.27. The van der Waals surface area contributed by atoms with Gasteiger partial charge in [0.1, 0.15) is 15.5 Å². The molecule has 1 aromatic rings. The van der Waals surface area contributed by atoms with Gasteiger partial charge in [0.2, 0.25) is 0 Å². The average Bonchev–Trinajstić information content (AvgIpc) is 2.71. The van der Waals surface area contributed by atoms with Gasteiger partial charge < -0.3 is 15.2 Å². The molecule has 0 radical (unpaired) electrons. The summed E-state index contributed by atoms with van der Waals surface area (Å²) in [6.07, 6.45) is 0. The Bertz CT molecular complexity index is 496. The van der Waals surface area contributed by atoms with Crippen LogP contribution in [0.2, 0.25) is 0 Å². The standard InChI is InChI=1S/C12H18N2O4S/c1-6-8(10(15)16)19-9(13-6)7(2)14-11(17)12(3,4)18-5/h7H,1-5H3,(H,14,17)(H,15,16). The zero-order chi connectivity index (χ0) is 14.8. The second kappa shape index (κ2) is 5.66. The van der Waals surface area contributed by atoms with Gasteiger partial charge in [-0.1, -0.05) is 0 Å². The zero-order valence-electron chi connectivity index (χ0n) is 11.6. The number of hydrogen-bond donors (Lipinski definition) is 2. The average molecular weight is 286 g/mol. The van der Waals surface area contributed by atoms with Crippen molar-refractivity contribution in [2.75, 3.05) is 7.11 Å². The van der Waals surface area contributed by atoms with Crippen molar-refractivity contribution in [2.45, 2.75) is 39.3 Å². The third-order valence-corrected chi connectivity index (χ3v) is 4.11. The molecule has 7 heteroatoms. The summed E-state index contributed by atoms with van der Waals surface area (Å²) >= 11 is 1.07. The zero-order valence-corrected chi connectivity index (χ0v) is 12.4. The molecular weight excluding hydrogens is 268 g/mol. The smallest absolute Gasteiger partial charge is 0.347 e. The maximum Gasteiger partial charge on any atom is 0.347 e. The van der Waals surface area contributed by atoms with E-state index in [1.165, 1.54) is 7.11 Å². The molecule has 0 aliphatic carbocycles. The highest BCUT2D eigenvalue weighted by atomic mass is 32.1. The van der Waals surface area contributed by atoms with Crippen LogP contribution in [0, 0.1) is 6.92 Å². The molecule has 2 N–H and O–H groups in total. The molecule has 1 aromatic heterocycles. The number of amides is 1. The van der Waals surface area contributed by atoms with Crippen LogP contribution in [0.5, 0.6) is 0 Å². The monoisotopic (exact) mass is 286 g/mol. The van der Waals surface area contributed by atoms with Crippen molar-refractivity contribution in [3.05, 3.63) is 15.6 Å². The number of carbonyl (C=O) groups excluding carboxylic acids is 1. The molecule has 0 spiro atoms. The number of nitrogens with zero attached hydrogens (tertiary/aromatic N) is 1. The van der Waals surface area contributed by atoms with Gasteiger partial charge in [0, 0.05) is 7.11 Å². The number of aryl methyl sites for hydroxylation is 1. The third-order valence-electron chi connectivity index (χ3n) is 2.78. The molecule has 0 saturated heterocycles. The van der Waals surface area contributed by atoms with Gasteiger partial charge in [0.05, 0.1) is 11.7 Å². The van der Waals surface area contributed by atoms with Crippen LogP contribution in [-0.4, -0.2) is 34.7 Å². The number of rotatable bonds is 5. The van der Waals surface area contributed by atoms with Gasteiger partial charge in [-0.05, 0) is 27.7 Å². The molecular formula is C12H18N2O4S. The second-order valence-corrected chi connectivity index (χ2v) is 5.71. The molecule has 19 heavy (non-hydrogen) atoms. The summed E-state index contributed by atoms with van der Waals surface area (Å²) in [6.45, 7) is 6.71. The largest absolute Gasteiger partial charge is 0.477 e. The Morgan fingerprint density at radius 3 is 2.47 bits per heavy atom. The Labute approximate surface area is 115 Å². The van der Waals surface area contributed by atoms with Gasteiger partial charge in [-0.2, -0.15) is 0 Å². The van der Waals surface area contributed by atoms with Crippen LogP contribution in [-0.2, 0) is 9.53 Å². The summed E-state index contributed by atoms with van der Waals surface area (Å²) in [7, 11) is 1.46. The maximum absolute atomic E-state index is 11.9. The first kappa shape index (κ1) is 15.6. The summed E-state index contributed by atoms with van der Waals surface area (Å²) in [4.78, 5) is 27.2. The molecule has 1 atom stereocenters. The molecule has 0 aromatic carbocycles. The van der Waals surface area contributed by atoms with E-state index >= 15 is 0 Å². The Morgan fingerprint density at radius 1 is 1.47 bits per heavy atom. The fraction of sp³-hybridized carbons (Fsp3) is 0.583. The van der Waals surface area contributed by atoms with Crippen molar-refractivity contribution in [2.24, 2.45) is 0 Å². The van der Waals surface area contributed by atoms with E-state index in [2.05, 4.69) is 10.3 Å². The Kier molecular flexibility index (Phi) is 4.65. The van der Waals surface area contributed by atoms with Gasteiger partial charge in [-0.25, -0.2) is 9.78 Å². The maximum atomic E-state index is 11.9. The number of carbonyl (C=O) groups is 2. The minimum absolute atomic E-state index is 0.196. The number of carboxylic acid groups (broad SMARTS) is 1. The van der Waals surface area contributed by atoms with Crippen LogP contribution in [0.4, 0.5) is 0 Å². The molecule has 6 nitrogen and oxygen atoms in total. The molecule has 0 bridgehead atoms. The molecule has 0 aliphatic rings. The number of carboxylic acids is 1. The van der Waals surface area contributed by atoms with Crippen LogP contribution >= 0.6 is 11.3 Å². The fourth-order valence-corrected chi connectivity index (χ4v) is 2.23. The van der Waals surface area contributed by atoms with Crippen molar-refractivity contribution in [3.8, 4) is 0 Å². The highest BCUT2D eigenvalue weighted by molar-refractivity contribution is 7.13. The van der Waals surface area contributed by atoms with Crippen LogP contribution in [0.15, 0.2) is 0 Å². The number of ether oxygens (including phenoxy) is 1. The number of thiazole rings is 1. The van der Waals surface area contributed by atoms with Crippen molar-refractivity contribution >= 4 is 23.2 Å². The minimum atomic E-state index is -1.00.